The highest BCUT2D eigenvalue weighted by Crippen LogP contribution is 2.32. The van der Waals surface area contributed by atoms with E-state index in [2.05, 4.69) is 26.1 Å². The molecule has 0 radical (unpaired) electrons. The lowest BCUT2D eigenvalue weighted by atomic mass is 9.78. The van der Waals surface area contributed by atoms with Gasteiger partial charge in [-0.15, -0.1) is 0 Å². The van der Waals surface area contributed by atoms with E-state index >= 15 is 0 Å². The van der Waals surface area contributed by atoms with Gasteiger partial charge in [0.05, 0.1) is 18.1 Å². The van der Waals surface area contributed by atoms with Crippen LogP contribution in [0.1, 0.15) is 66.2 Å². The Balaban J connectivity index is 2.38. The third-order valence-corrected chi connectivity index (χ3v) is 5.05. The molecule has 1 aliphatic carbocycles. The van der Waals surface area contributed by atoms with Gasteiger partial charge >= 0.3 is 5.97 Å². The molecular weight excluding hydrogens is 266 g/mol. The maximum atomic E-state index is 11.7. The molecule has 4 heteroatoms. The first-order valence-electron chi connectivity index (χ1n) is 8.58. The number of esters is 1. The van der Waals surface area contributed by atoms with Crippen molar-refractivity contribution in [2.24, 2.45) is 11.8 Å². The highest BCUT2D eigenvalue weighted by molar-refractivity contribution is 5.72. The number of ether oxygens (including phenoxy) is 1. The van der Waals surface area contributed by atoms with E-state index in [0.29, 0.717) is 38.0 Å². The summed E-state index contributed by atoms with van der Waals surface area (Å²) >= 11 is 0. The van der Waals surface area contributed by atoms with Gasteiger partial charge in [0.2, 0.25) is 0 Å². The van der Waals surface area contributed by atoms with Gasteiger partial charge < -0.3 is 15.2 Å². The van der Waals surface area contributed by atoms with Gasteiger partial charge in [0.15, 0.2) is 0 Å². The minimum Gasteiger partial charge on any atom is -0.466 e. The van der Waals surface area contributed by atoms with Crippen LogP contribution in [0.4, 0.5) is 0 Å². The monoisotopic (exact) mass is 299 g/mol. The molecule has 1 unspecified atom stereocenters. The van der Waals surface area contributed by atoms with Crippen molar-refractivity contribution in [1.82, 2.24) is 5.32 Å². The molecule has 0 bridgehead atoms. The van der Waals surface area contributed by atoms with Crippen LogP contribution in [-0.4, -0.2) is 35.9 Å². The van der Waals surface area contributed by atoms with E-state index in [1.807, 2.05) is 6.92 Å². The highest BCUT2D eigenvalue weighted by Gasteiger charge is 2.36. The third-order valence-electron chi connectivity index (χ3n) is 5.05. The van der Waals surface area contributed by atoms with Crippen molar-refractivity contribution in [1.29, 1.82) is 0 Å². The first-order valence-corrected chi connectivity index (χ1v) is 8.58. The van der Waals surface area contributed by atoms with Crippen molar-refractivity contribution in [2.45, 2.75) is 77.9 Å². The predicted octanol–water partition coefficient (Wildman–Crippen LogP) is 2.89. The van der Waals surface area contributed by atoms with Crippen LogP contribution in [0.15, 0.2) is 0 Å². The molecule has 0 aromatic carbocycles. The van der Waals surface area contributed by atoms with Crippen molar-refractivity contribution >= 4 is 5.97 Å². The van der Waals surface area contributed by atoms with E-state index in [9.17, 15) is 9.90 Å². The summed E-state index contributed by atoms with van der Waals surface area (Å²) in [5.74, 6) is 0.532. The van der Waals surface area contributed by atoms with E-state index in [-0.39, 0.29) is 11.9 Å². The number of rotatable bonds is 8. The van der Waals surface area contributed by atoms with Crippen LogP contribution < -0.4 is 5.32 Å². The van der Waals surface area contributed by atoms with Gasteiger partial charge in [-0.3, -0.25) is 4.79 Å². The number of carbonyl (C=O) groups excluding carboxylic acids is 1. The molecule has 1 saturated carbocycles. The zero-order chi connectivity index (χ0) is 15.9. The fraction of sp³-hybridized carbons (Fsp3) is 0.941. The minimum atomic E-state index is -0.663. The quantitative estimate of drug-likeness (QED) is 0.677. The zero-order valence-electron chi connectivity index (χ0n) is 14.2. The second-order valence-corrected chi connectivity index (χ2v) is 6.50. The summed E-state index contributed by atoms with van der Waals surface area (Å²) in [6.45, 7) is 9.52. The van der Waals surface area contributed by atoms with Crippen LogP contribution in [0.25, 0.3) is 0 Å². The largest absolute Gasteiger partial charge is 0.466 e. The molecule has 1 atom stereocenters. The average Bonchev–Trinajstić information content (AvgIpc) is 2.47. The molecule has 1 rings (SSSR count). The van der Waals surface area contributed by atoms with Gasteiger partial charge in [-0.1, -0.05) is 26.7 Å². The van der Waals surface area contributed by atoms with Gasteiger partial charge in [0, 0.05) is 12.6 Å². The van der Waals surface area contributed by atoms with Gasteiger partial charge in [-0.05, 0) is 45.4 Å². The Labute approximate surface area is 129 Å². The molecule has 4 nitrogen and oxygen atoms in total. The van der Waals surface area contributed by atoms with Crippen LogP contribution in [0.2, 0.25) is 0 Å². The van der Waals surface area contributed by atoms with Gasteiger partial charge in [0.25, 0.3) is 0 Å². The molecule has 0 aromatic heterocycles. The number of carbonyl (C=O) groups is 1. The van der Waals surface area contributed by atoms with Gasteiger partial charge in [-0.2, -0.15) is 0 Å². The van der Waals surface area contributed by atoms with E-state index < -0.39 is 5.60 Å². The lowest BCUT2D eigenvalue weighted by Gasteiger charge is -2.37. The smallest absolute Gasteiger partial charge is 0.308 e. The van der Waals surface area contributed by atoms with E-state index in [1.54, 1.807) is 0 Å². The second kappa shape index (κ2) is 8.74. The Hall–Kier alpha value is -0.610. The lowest BCUT2D eigenvalue weighted by Crippen LogP contribution is -2.48. The number of hydrogen-bond donors (Lipinski definition) is 2. The van der Waals surface area contributed by atoms with Crippen molar-refractivity contribution in [3.63, 3.8) is 0 Å². The Bertz CT molecular complexity index is 307. The highest BCUT2D eigenvalue weighted by atomic mass is 16.5. The zero-order valence-corrected chi connectivity index (χ0v) is 14.2. The van der Waals surface area contributed by atoms with Gasteiger partial charge in [0.1, 0.15) is 0 Å². The second-order valence-electron chi connectivity index (χ2n) is 6.50. The fourth-order valence-corrected chi connectivity index (χ4v) is 3.34. The number of nitrogens with one attached hydrogen (secondary N) is 1. The molecule has 1 fully saturated rings. The maximum Gasteiger partial charge on any atom is 0.308 e. The Morgan fingerprint density at radius 2 is 1.86 bits per heavy atom. The van der Waals surface area contributed by atoms with Crippen molar-refractivity contribution in [3.05, 3.63) is 0 Å². The number of hydrogen-bond acceptors (Lipinski definition) is 4. The first-order chi connectivity index (χ1) is 9.95. The van der Waals surface area contributed by atoms with Crippen LogP contribution in [0, 0.1) is 11.8 Å². The van der Waals surface area contributed by atoms with Crippen LogP contribution in [-0.2, 0) is 9.53 Å². The standard InChI is InChI=1S/C17H33NO3/c1-5-14(6-2)13(4)18-12-17(20)10-8-15(9-11-17)16(19)21-7-3/h13-15,18,20H,5-12H2,1-4H3. The molecule has 124 valence electrons. The molecular formula is C17H33NO3. The Morgan fingerprint density at radius 1 is 1.29 bits per heavy atom. The number of aliphatic hydroxyl groups is 1. The van der Waals surface area contributed by atoms with Crippen LogP contribution in [0.5, 0.6) is 0 Å². The molecule has 0 aliphatic heterocycles. The molecule has 0 saturated heterocycles. The van der Waals surface area contributed by atoms with Crippen molar-refractivity contribution in [2.75, 3.05) is 13.2 Å². The molecule has 21 heavy (non-hydrogen) atoms. The maximum absolute atomic E-state index is 11.7. The lowest BCUT2D eigenvalue weighted by molar-refractivity contribution is -0.151. The van der Waals surface area contributed by atoms with Gasteiger partial charge in [-0.25, -0.2) is 0 Å². The summed E-state index contributed by atoms with van der Waals surface area (Å²) in [4.78, 5) is 11.7. The van der Waals surface area contributed by atoms with Crippen LogP contribution >= 0.6 is 0 Å². The predicted molar refractivity (Wildman–Crippen MR) is 85.1 cm³/mol. The van der Waals surface area contributed by atoms with E-state index in [1.165, 1.54) is 0 Å². The van der Waals surface area contributed by atoms with E-state index in [0.717, 1.165) is 25.7 Å². The summed E-state index contributed by atoms with van der Waals surface area (Å²) in [5, 5.41) is 14.2. The fourth-order valence-electron chi connectivity index (χ4n) is 3.34. The molecule has 1 aliphatic rings. The normalized spacial score (nSPS) is 27.6. The SMILES string of the molecule is CCOC(=O)C1CCC(O)(CNC(C)C(CC)CC)CC1. The summed E-state index contributed by atoms with van der Waals surface area (Å²) in [5.41, 5.74) is -0.663. The Kier molecular flexibility index (Phi) is 7.67. The molecule has 0 heterocycles. The van der Waals surface area contributed by atoms with Crippen LogP contribution in [0.3, 0.4) is 0 Å². The molecule has 0 spiro atoms. The molecule has 0 amide bonds. The van der Waals surface area contributed by atoms with Crippen molar-refractivity contribution in [3.8, 4) is 0 Å². The third kappa shape index (κ3) is 5.59. The van der Waals surface area contributed by atoms with E-state index in [4.69, 9.17) is 4.74 Å². The average molecular weight is 299 g/mol. The van der Waals surface area contributed by atoms with Crippen molar-refractivity contribution < 1.29 is 14.6 Å². The summed E-state index contributed by atoms with van der Waals surface area (Å²) in [6, 6.07) is 0.423. The Morgan fingerprint density at radius 3 is 2.33 bits per heavy atom. The molecule has 0 aromatic rings. The summed E-state index contributed by atoms with van der Waals surface area (Å²) in [7, 11) is 0. The topological polar surface area (TPSA) is 58.6 Å². The first kappa shape index (κ1) is 18.4. The summed E-state index contributed by atoms with van der Waals surface area (Å²) in [6.07, 6.45) is 5.15. The summed E-state index contributed by atoms with van der Waals surface area (Å²) < 4.78 is 5.07. The minimum absolute atomic E-state index is 0.0262. The molecule has 2 N–H and O–H groups in total.